The van der Waals surface area contributed by atoms with Gasteiger partial charge in [0.15, 0.2) is 0 Å². The zero-order chi connectivity index (χ0) is 14.4. The third-order valence-corrected chi connectivity index (χ3v) is 4.83. The molecule has 0 aromatic carbocycles. The highest BCUT2D eigenvalue weighted by Crippen LogP contribution is 2.27. The van der Waals surface area contributed by atoms with E-state index in [1.54, 1.807) is 12.3 Å². The number of aromatic amines is 1. The van der Waals surface area contributed by atoms with Crippen LogP contribution in [0.1, 0.15) is 12.8 Å². The normalized spacial score (nSPS) is 18.8. The number of H-pyrrole nitrogens is 1. The minimum atomic E-state index is -0.380. The Labute approximate surface area is 123 Å². The average molecular weight is 303 g/mol. The SMILES string of the molecule is O=c1[nH]c2sc3ncccc3c2c(=O)n1CC1CCCO1. The fourth-order valence-corrected chi connectivity index (χ4v) is 3.81. The van der Waals surface area contributed by atoms with Crippen LogP contribution in [0.3, 0.4) is 0 Å². The summed E-state index contributed by atoms with van der Waals surface area (Å²) in [5.74, 6) is 0. The summed E-state index contributed by atoms with van der Waals surface area (Å²) in [6, 6.07) is 3.65. The summed E-state index contributed by atoms with van der Waals surface area (Å²) < 4.78 is 6.77. The van der Waals surface area contributed by atoms with Gasteiger partial charge in [0.1, 0.15) is 9.66 Å². The van der Waals surface area contributed by atoms with Gasteiger partial charge in [0.05, 0.1) is 18.0 Å². The van der Waals surface area contributed by atoms with Gasteiger partial charge in [0, 0.05) is 18.2 Å². The van der Waals surface area contributed by atoms with Crippen LogP contribution in [-0.4, -0.2) is 27.2 Å². The summed E-state index contributed by atoms with van der Waals surface area (Å²) in [6.45, 7) is 1.01. The minimum Gasteiger partial charge on any atom is -0.376 e. The number of ether oxygens (including phenoxy) is 1. The van der Waals surface area contributed by atoms with Crippen LogP contribution < -0.4 is 11.2 Å². The quantitative estimate of drug-likeness (QED) is 0.778. The third kappa shape index (κ3) is 2.00. The van der Waals surface area contributed by atoms with Gasteiger partial charge in [-0.3, -0.25) is 14.3 Å². The topological polar surface area (TPSA) is 77.0 Å². The molecule has 0 saturated carbocycles. The lowest BCUT2D eigenvalue weighted by Crippen LogP contribution is -2.38. The molecule has 7 heteroatoms. The Hall–Kier alpha value is -1.99. The lowest BCUT2D eigenvalue weighted by molar-refractivity contribution is 0.0952. The second-order valence-electron chi connectivity index (χ2n) is 5.14. The van der Waals surface area contributed by atoms with E-state index in [9.17, 15) is 9.59 Å². The molecule has 3 aromatic rings. The molecule has 108 valence electrons. The second-order valence-corrected chi connectivity index (χ2v) is 6.14. The first kappa shape index (κ1) is 12.7. The zero-order valence-corrected chi connectivity index (χ0v) is 12.0. The highest BCUT2D eigenvalue weighted by molar-refractivity contribution is 7.25. The fraction of sp³-hybridized carbons (Fsp3) is 0.357. The highest BCUT2D eigenvalue weighted by Gasteiger charge is 2.20. The molecule has 0 radical (unpaired) electrons. The molecule has 0 aliphatic carbocycles. The predicted molar refractivity (Wildman–Crippen MR) is 81.0 cm³/mol. The van der Waals surface area contributed by atoms with E-state index in [0.29, 0.717) is 23.4 Å². The Bertz CT molecular complexity index is 934. The Morgan fingerprint density at radius 3 is 3.19 bits per heavy atom. The maximum Gasteiger partial charge on any atom is 0.329 e. The highest BCUT2D eigenvalue weighted by atomic mass is 32.1. The number of rotatable bonds is 2. The van der Waals surface area contributed by atoms with Crippen molar-refractivity contribution in [1.82, 2.24) is 14.5 Å². The van der Waals surface area contributed by atoms with E-state index in [2.05, 4.69) is 9.97 Å². The number of pyridine rings is 1. The number of hydrogen-bond donors (Lipinski definition) is 1. The molecule has 1 fully saturated rings. The second kappa shape index (κ2) is 4.78. The van der Waals surface area contributed by atoms with Crippen molar-refractivity contribution in [2.45, 2.75) is 25.5 Å². The van der Waals surface area contributed by atoms with Crippen LogP contribution in [0, 0.1) is 0 Å². The van der Waals surface area contributed by atoms with E-state index in [1.165, 1.54) is 15.9 Å². The van der Waals surface area contributed by atoms with Gasteiger partial charge in [-0.25, -0.2) is 9.78 Å². The zero-order valence-electron chi connectivity index (χ0n) is 11.2. The first-order valence-electron chi connectivity index (χ1n) is 6.86. The first-order chi connectivity index (χ1) is 10.2. The Kier molecular flexibility index (Phi) is 2.90. The van der Waals surface area contributed by atoms with Crippen LogP contribution in [0.15, 0.2) is 27.9 Å². The molecule has 0 bridgehead atoms. The number of fused-ring (bicyclic) bond motifs is 3. The molecule has 1 saturated heterocycles. The molecule has 6 nitrogen and oxygen atoms in total. The van der Waals surface area contributed by atoms with Crippen LogP contribution in [0.25, 0.3) is 20.4 Å². The van der Waals surface area contributed by atoms with Crippen molar-refractivity contribution in [2.24, 2.45) is 0 Å². The third-order valence-electron chi connectivity index (χ3n) is 3.80. The van der Waals surface area contributed by atoms with Gasteiger partial charge in [-0.2, -0.15) is 0 Å². The molecule has 4 heterocycles. The van der Waals surface area contributed by atoms with E-state index in [-0.39, 0.29) is 17.4 Å². The van der Waals surface area contributed by atoms with Gasteiger partial charge in [-0.1, -0.05) is 11.3 Å². The Morgan fingerprint density at radius 2 is 2.38 bits per heavy atom. The Morgan fingerprint density at radius 1 is 1.48 bits per heavy atom. The largest absolute Gasteiger partial charge is 0.376 e. The monoisotopic (exact) mass is 303 g/mol. The fourth-order valence-electron chi connectivity index (χ4n) is 2.78. The van der Waals surface area contributed by atoms with E-state index in [0.717, 1.165) is 23.1 Å². The van der Waals surface area contributed by atoms with Gasteiger partial charge in [-0.05, 0) is 25.0 Å². The van der Waals surface area contributed by atoms with Gasteiger partial charge in [-0.15, -0.1) is 0 Å². The van der Waals surface area contributed by atoms with Gasteiger partial charge in [0.25, 0.3) is 5.56 Å². The molecule has 0 spiro atoms. The van der Waals surface area contributed by atoms with Crippen molar-refractivity contribution < 1.29 is 4.74 Å². The van der Waals surface area contributed by atoms with Crippen LogP contribution in [0.5, 0.6) is 0 Å². The Balaban J connectivity index is 1.96. The lowest BCUT2D eigenvalue weighted by Gasteiger charge is -2.10. The predicted octanol–water partition coefficient (Wildman–Crippen LogP) is 1.48. The van der Waals surface area contributed by atoms with Gasteiger partial charge < -0.3 is 4.74 Å². The molecule has 1 aliphatic rings. The maximum absolute atomic E-state index is 12.7. The number of nitrogens with one attached hydrogen (secondary N) is 1. The molecule has 0 amide bonds. The summed E-state index contributed by atoms with van der Waals surface area (Å²) in [5, 5.41) is 1.33. The molecule has 4 rings (SSSR count). The summed E-state index contributed by atoms with van der Waals surface area (Å²) >= 11 is 1.33. The number of thiophene rings is 1. The first-order valence-corrected chi connectivity index (χ1v) is 7.67. The van der Waals surface area contributed by atoms with E-state index in [1.807, 2.05) is 6.07 Å². The van der Waals surface area contributed by atoms with Crippen LogP contribution >= 0.6 is 11.3 Å². The summed E-state index contributed by atoms with van der Waals surface area (Å²) in [4.78, 5) is 33.2. The molecular formula is C14H13N3O3S. The van der Waals surface area contributed by atoms with Crippen LogP contribution in [-0.2, 0) is 11.3 Å². The molecule has 21 heavy (non-hydrogen) atoms. The molecule has 1 N–H and O–H groups in total. The molecule has 1 atom stereocenters. The van der Waals surface area contributed by atoms with Crippen molar-refractivity contribution in [3.63, 3.8) is 0 Å². The van der Waals surface area contributed by atoms with Crippen molar-refractivity contribution in [1.29, 1.82) is 0 Å². The standard InChI is InChI=1S/C14H13N3O3S/c18-13-10-9-4-1-5-15-11(9)21-12(10)16-14(19)17(13)7-8-3-2-6-20-8/h1,4-5,8H,2-3,6-7H2,(H,16,19). The maximum atomic E-state index is 12.7. The van der Waals surface area contributed by atoms with Gasteiger partial charge >= 0.3 is 5.69 Å². The van der Waals surface area contributed by atoms with Crippen LogP contribution in [0.4, 0.5) is 0 Å². The van der Waals surface area contributed by atoms with Crippen molar-refractivity contribution in [2.75, 3.05) is 6.61 Å². The number of hydrogen-bond acceptors (Lipinski definition) is 5. The van der Waals surface area contributed by atoms with Crippen molar-refractivity contribution in [3.8, 4) is 0 Å². The summed E-state index contributed by atoms with van der Waals surface area (Å²) in [6.07, 6.45) is 3.49. The number of nitrogens with zero attached hydrogens (tertiary/aromatic N) is 2. The number of aromatic nitrogens is 3. The average Bonchev–Trinajstić information content (AvgIpc) is 3.10. The summed E-state index contributed by atoms with van der Waals surface area (Å²) in [7, 11) is 0. The van der Waals surface area contributed by atoms with E-state index in [4.69, 9.17) is 4.74 Å². The molecule has 1 aliphatic heterocycles. The van der Waals surface area contributed by atoms with Crippen molar-refractivity contribution >= 4 is 31.8 Å². The van der Waals surface area contributed by atoms with Gasteiger partial charge in [0.2, 0.25) is 0 Å². The van der Waals surface area contributed by atoms with Crippen LogP contribution in [0.2, 0.25) is 0 Å². The molecule has 3 aromatic heterocycles. The molecular weight excluding hydrogens is 290 g/mol. The van der Waals surface area contributed by atoms with E-state index < -0.39 is 0 Å². The van der Waals surface area contributed by atoms with E-state index >= 15 is 0 Å². The molecule has 1 unspecified atom stereocenters. The minimum absolute atomic E-state index is 0.0516. The summed E-state index contributed by atoms with van der Waals surface area (Å²) in [5.41, 5.74) is -0.641. The van der Waals surface area contributed by atoms with Crippen molar-refractivity contribution in [3.05, 3.63) is 39.2 Å². The smallest absolute Gasteiger partial charge is 0.329 e. The lowest BCUT2D eigenvalue weighted by atomic mass is 10.2.